The van der Waals surface area contributed by atoms with Crippen molar-refractivity contribution in [3.8, 4) is 5.88 Å². The van der Waals surface area contributed by atoms with Gasteiger partial charge in [-0.2, -0.15) is 0 Å². The molecule has 110 valence electrons. The molecule has 0 aliphatic rings. The molecule has 0 aliphatic heterocycles. The van der Waals surface area contributed by atoms with E-state index >= 15 is 0 Å². The van der Waals surface area contributed by atoms with Gasteiger partial charge >= 0.3 is 5.97 Å². The van der Waals surface area contributed by atoms with Gasteiger partial charge in [-0.3, -0.25) is 4.79 Å². The predicted molar refractivity (Wildman–Crippen MR) is 85.8 cm³/mol. The molecule has 0 amide bonds. The maximum Gasteiger partial charge on any atom is 0.316 e. The van der Waals surface area contributed by atoms with Crippen molar-refractivity contribution >= 4 is 5.97 Å². The SMILES string of the molecule is O=C(Cc1ccccc1)Oc1cccn1Cc1ccccc1. The summed E-state index contributed by atoms with van der Waals surface area (Å²) in [5.74, 6) is 0.323. The minimum Gasteiger partial charge on any atom is -0.409 e. The molecule has 3 heteroatoms. The molecule has 0 radical (unpaired) electrons. The minimum absolute atomic E-state index is 0.251. The second-order valence-corrected chi connectivity index (χ2v) is 5.10. The molecule has 3 nitrogen and oxygen atoms in total. The number of ether oxygens (including phenoxy) is 1. The fourth-order valence-electron chi connectivity index (χ4n) is 2.32. The van der Waals surface area contributed by atoms with Crippen molar-refractivity contribution in [2.24, 2.45) is 0 Å². The van der Waals surface area contributed by atoms with Crippen LogP contribution in [0, 0.1) is 0 Å². The Morgan fingerprint density at radius 2 is 1.45 bits per heavy atom. The van der Waals surface area contributed by atoms with Gasteiger partial charge < -0.3 is 9.30 Å². The summed E-state index contributed by atoms with van der Waals surface area (Å²) in [6.45, 7) is 0.682. The van der Waals surface area contributed by atoms with E-state index in [2.05, 4.69) is 12.1 Å². The van der Waals surface area contributed by atoms with Crippen LogP contribution in [0.25, 0.3) is 0 Å². The molecule has 0 saturated heterocycles. The molecule has 1 aromatic heterocycles. The summed E-state index contributed by atoms with van der Waals surface area (Å²) in [6, 6.07) is 23.4. The summed E-state index contributed by atoms with van der Waals surface area (Å²) >= 11 is 0. The molecule has 3 aromatic rings. The van der Waals surface area contributed by atoms with Crippen LogP contribution < -0.4 is 4.74 Å². The molecular weight excluding hydrogens is 274 g/mol. The molecule has 0 unspecified atom stereocenters. The van der Waals surface area contributed by atoms with E-state index in [-0.39, 0.29) is 12.4 Å². The van der Waals surface area contributed by atoms with Crippen molar-refractivity contribution in [1.82, 2.24) is 4.57 Å². The van der Waals surface area contributed by atoms with Gasteiger partial charge in [-0.15, -0.1) is 0 Å². The molecule has 2 aromatic carbocycles. The Labute approximate surface area is 129 Å². The molecule has 0 fully saturated rings. The van der Waals surface area contributed by atoms with E-state index in [0.717, 1.165) is 5.56 Å². The van der Waals surface area contributed by atoms with E-state index in [1.165, 1.54) is 5.56 Å². The van der Waals surface area contributed by atoms with Crippen LogP contribution in [0.15, 0.2) is 79.0 Å². The third-order valence-corrected chi connectivity index (χ3v) is 3.39. The standard InChI is InChI=1S/C19H17NO2/c21-19(14-16-8-3-1-4-9-16)22-18-12-7-13-20(18)15-17-10-5-2-6-11-17/h1-13H,14-15H2. The van der Waals surface area contributed by atoms with Gasteiger partial charge in [0.05, 0.1) is 13.0 Å². The monoisotopic (exact) mass is 291 g/mol. The lowest BCUT2D eigenvalue weighted by atomic mass is 10.2. The van der Waals surface area contributed by atoms with E-state index in [9.17, 15) is 4.79 Å². The smallest absolute Gasteiger partial charge is 0.316 e. The molecule has 0 atom stereocenters. The van der Waals surface area contributed by atoms with Crippen LogP contribution in [-0.2, 0) is 17.8 Å². The van der Waals surface area contributed by atoms with Gasteiger partial charge in [-0.25, -0.2) is 0 Å². The third kappa shape index (κ3) is 3.64. The molecule has 0 N–H and O–H groups in total. The normalized spacial score (nSPS) is 10.4. The van der Waals surface area contributed by atoms with Gasteiger partial charge in [0.25, 0.3) is 0 Å². The molecule has 22 heavy (non-hydrogen) atoms. The van der Waals surface area contributed by atoms with E-state index in [1.54, 1.807) is 0 Å². The van der Waals surface area contributed by atoms with Crippen LogP contribution in [0.3, 0.4) is 0 Å². The predicted octanol–water partition coefficient (Wildman–Crippen LogP) is 3.68. The van der Waals surface area contributed by atoms with Crippen molar-refractivity contribution in [3.63, 3.8) is 0 Å². The minimum atomic E-state index is -0.251. The second kappa shape index (κ2) is 6.76. The molecular formula is C19H17NO2. The number of carbonyl (C=O) groups is 1. The summed E-state index contributed by atoms with van der Waals surface area (Å²) in [7, 11) is 0. The Hall–Kier alpha value is -2.81. The van der Waals surface area contributed by atoms with Crippen LogP contribution in [0.2, 0.25) is 0 Å². The van der Waals surface area contributed by atoms with Gasteiger partial charge in [0, 0.05) is 12.3 Å². The lowest BCUT2D eigenvalue weighted by Gasteiger charge is -2.09. The Kier molecular flexibility index (Phi) is 4.35. The average molecular weight is 291 g/mol. The van der Waals surface area contributed by atoms with Gasteiger partial charge in [-0.1, -0.05) is 60.7 Å². The molecule has 0 bridgehead atoms. The first-order valence-electron chi connectivity index (χ1n) is 7.25. The van der Waals surface area contributed by atoms with Gasteiger partial charge in [-0.05, 0) is 17.2 Å². The van der Waals surface area contributed by atoms with Crippen molar-refractivity contribution < 1.29 is 9.53 Å². The van der Waals surface area contributed by atoms with E-state index < -0.39 is 0 Å². The number of aromatic nitrogens is 1. The Balaban J connectivity index is 1.66. The first-order valence-corrected chi connectivity index (χ1v) is 7.25. The number of rotatable bonds is 5. The summed E-state index contributed by atoms with van der Waals surface area (Å²) in [4.78, 5) is 12.0. The summed E-state index contributed by atoms with van der Waals surface area (Å²) in [6.07, 6.45) is 2.19. The number of esters is 1. The molecule has 0 saturated carbocycles. The fourth-order valence-corrected chi connectivity index (χ4v) is 2.32. The highest BCUT2D eigenvalue weighted by Crippen LogP contribution is 2.16. The summed E-state index contributed by atoms with van der Waals surface area (Å²) < 4.78 is 7.41. The first-order chi connectivity index (χ1) is 10.8. The largest absolute Gasteiger partial charge is 0.409 e. The molecule has 0 aliphatic carbocycles. The zero-order chi connectivity index (χ0) is 15.2. The van der Waals surface area contributed by atoms with E-state index in [1.807, 2.05) is 71.4 Å². The second-order valence-electron chi connectivity index (χ2n) is 5.10. The number of hydrogen-bond donors (Lipinski definition) is 0. The topological polar surface area (TPSA) is 31.2 Å². The fraction of sp³-hybridized carbons (Fsp3) is 0.105. The lowest BCUT2D eigenvalue weighted by Crippen LogP contribution is -2.14. The van der Waals surface area contributed by atoms with Crippen molar-refractivity contribution in [1.29, 1.82) is 0 Å². The molecule has 0 spiro atoms. The Bertz CT molecular complexity index is 732. The highest BCUT2D eigenvalue weighted by molar-refractivity contribution is 5.74. The average Bonchev–Trinajstić information content (AvgIpc) is 2.96. The van der Waals surface area contributed by atoms with Crippen LogP contribution in [0.1, 0.15) is 11.1 Å². The highest BCUT2D eigenvalue weighted by atomic mass is 16.5. The molecule has 1 heterocycles. The maximum absolute atomic E-state index is 12.0. The Morgan fingerprint density at radius 1 is 0.818 bits per heavy atom. The van der Waals surface area contributed by atoms with E-state index in [4.69, 9.17) is 4.74 Å². The van der Waals surface area contributed by atoms with Gasteiger partial charge in [0.2, 0.25) is 5.88 Å². The number of hydrogen-bond acceptors (Lipinski definition) is 2. The zero-order valence-electron chi connectivity index (χ0n) is 12.2. The summed E-state index contributed by atoms with van der Waals surface area (Å²) in [5, 5.41) is 0. The molecule has 3 rings (SSSR count). The zero-order valence-corrected chi connectivity index (χ0v) is 12.2. The van der Waals surface area contributed by atoms with Gasteiger partial charge in [0.15, 0.2) is 0 Å². The van der Waals surface area contributed by atoms with Crippen LogP contribution in [0.5, 0.6) is 5.88 Å². The maximum atomic E-state index is 12.0. The van der Waals surface area contributed by atoms with Crippen molar-refractivity contribution in [3.05, 3.63) is 90.1 Å². The third-order valence-electron chi connectivity index (χ3n) is 3.39. The highest BCUT2D eigenvalue weighted by Gasteiger charge is 2.09. The van der Waals surface area contributed by atoms with E-state index in [0.29, 0.717) is 12.4 Å². The van der Waals surface area contributed by atoms with Crippen LogP contribution >= 0.6 is 0 Å². The Morgan fingerprint density at radius 3 is 2.14 bits per heavy atom. The lowest BCUT2D eigenvalue weighted by molar-refractivity contribution is -0.134. The van der Waals surface area contributed by atoms with Crippen LogP contribution in [-0.4, -0.2) is 10.5 Å². The van der Waals surface area contributed by atoms with Gasteiger partial charge in [0.1, 0.15) is 0 Å². The van der Waals surface area contributed by atoms with Crippen molar-refractivity contribution in [2.75, 3.05) is 0 Å². The summed E-state index contributed by atoms with van der Waals surface area (Å²) in [5.41, 5.74) is 2.12. The number of benzene rings is 2. The van der Waals surface area contributed by atoms with Crippen molar-refractivity contribution in [2.45, 2.75) is 13.0 Å². The number of carbonyl (C=O) groups excluding carboxylic acids is 1. The number of nitrogens with zero attached hydrogens (tertiary/aromatic N) is 1. The first kappa shape index (κ1) is 14.1. The quantitative estimate of drug-likeness (QED) is 0.671. The van der Waals surface area contributed by atoms with Crippen LogP contribution in [0.4, 0.5) is 0 Å².